The molecular weight excluding hydrogens is 334 g/mol. The van der Waals surface area contributed by atoms with Crippen LogP contribution in [0, 0.1) is 20.8 Å². The smallest absolute Gasteiger partial charge is 0.253 e. The third-order valence-corrected chi connectivity index (χ3v) is 4.60. The second kappa shape index (κ2) is 8.51. The zero-order chi connectivity index (χ0) is 18.5. The Morgan fingerprint density at radius 3 is 2.92 bits per heavy atom. The summed E-state index contributed by atoms with van der Waals surface area (Å²) < 4.78 is 18.2. The van der Waals surface area contributed by atoms with Crippen molar-refractivity contribution in [1.82, 2.24) is 15.0 Å². The highest BCUT2D eigenvalue weighted by atomic mass is 16.5. The third kappa shape index (κ3) is 4.34. The van der Waals surface area contributed by atoms with Crippen molar-refractivity contribution >= 4 is 5.91 Å². The summed E-state index contributed by atoms with van der Waals surface area (Å²) in [6, 6.07) is 3.73. The van der Waals surface area contributed by atoms with Crippen molar-refractivity contribution in [2.24, 2.45) is 0 Å². The van der Waals surface area contributed by atoms with Crippen LogP contribution in [0.3, 0.4) is 0 Å². The van der Waals surface area contributed by atoms with Crippen LogP contribution in [0.15, 0.2) is 16.7 Å². The molecule has 3 heterocycles. The molecule has 0 saturated carbocycles. The molecule has 7 nitrogen and oxygen atoms in total. The number of hydrogen-bond donors (Lipinski definition) is 1. The fraction of sp³-hybridized carbons (Fsp3) is 0.579. The number of rotatable bonds is 8. The standard InChI is InChI=1S/C19H27N3O4/c1-13-10-17(15(3)22(13)18-11-14(2)26-21-18)19(23)20-7-5-8-24-12-16-6-4-9-25-16/h10-11,16H,4-9,12H2,1-3H3,(H,20,23). The fourth-order valence-electron chi connectivity index (χ4n) is 3.27. The van der Waals surface area contributed by atoms with E-state index in [9.17, 15) is 4.79 Å². The summed E-state index contributed by atoms with van der Waals surface area (Å²) in [7, 11) is 0. The molecule has 1 unspecified atom stereocenters. The Balaban J connectivity index is 1.47. The highest BCUT2D eigenvalue weighted by molar-refractivity contribution is 5.95. The molecule has 1 aliphatic heterocycles. The van der Waals surface area contributed by atoms with Crippen LogP contribution in [0.1, 0.15) is 46.8 Å². The number of carbonyl (C=O) groups is 1. The van der Waals surface area contributed by atoms with Crippen molar-refractivity contribution < 1.29 is 18.8 Å². The van der Waals surface area contributed by atoms with Gasteiger partial charge in [0.25, 0.3) is 5.91 Å². The fourth-order valence-corrected chi connectivity index (χ4v) is 3.27. The van der Waals surface area contributed by atoms with Gasteiger partial charge in [-0.25, -0.2) is 0 Å². The Morgan fingerprint density at radius 1 is 1.38 bits per heavy atom. The van der Waals surface area contributed by atoms with Gasteiger partial charge < -0.3 is 19.3 Å². The average Bonchev–Trinajstić information content (AvgIpc) is 3.32. The highest BCUT2D eigenvalue weighted by Crippen LogP contribution is 2.20. The SMILES string of the molecule is Cc1cc(-n2c(C)cc(C(=O)NCCCOCC3CCCO3)c2C)no1. The normalized spacial score (nSPS) is 17.0. The lowest BCUT2D eigenvalue weighted by Gasteiger charge is -2.10. The minimum atomic E-state index is -0.0799. The number of hydrogen-bond acceptors (Lipinski definition) is 5. The summed E-state index contributed by atoms with van der Waals surface area (Å²) in [5.41, 5.74) is 2.45. The van der Waals surface area contributed by atoms with Crippen LogP contribution in [0.2, 0.25) is 0 Å². The first-order valence-electron chi connectivity index (χ1n) is 9.16. The molecule has 0 bridgehead atoms. The largest absolute Gasteiger partial charge is 0.379 e. The predicted molar refractivity (Wildman–Crippen MR) is 96.8 cm³/mol. The quantitative estimate of drug-likeness (QED) is 0.732. The predicted octanol–water partition coefficient (Wildman–Crippen LogP) is 2.71. The molecule has 2 aromatic heterocycles. The Labute approximate surface area is 153 Å². The number of nitrogens with zero attached hydrogens (tertiary/aromatic N) is 2. The van der Waals surface area contributed by atoms with Crippen LogP contribution in [-0.2, 0) is 9.47 Å². The van der Waals surface area contributed by atoms with Gasteiger partial charge in [0.05, 0.1) is 18.3 Å². The number of aromatic nitrogens is 2. The Kier molecular flexibility index (Phi) is 6.11. The van der Waals surface area contributed by atoms with Crippen LogP contribution < -0.4 is 5.32 Å². The van der Waals surface area contributed by atoms with E-state index in [1.54, 1.807) is 0 Å². The molecule has 1 aliphatic rings. The molecule has 142 valence electrons. The number of aryl methyl sites for hydroxylation is 2. The molecular formula is C19H27N3O4. The summed E-state index contributed by atoms with van der Waals surface area (Å²) in [4.78, 5) is 12.5. The number of ether oxygens (including phenoxy) is 2. The number of nitrogens with one attached hydrogen (secondary N) is 1. The van der Waals surface area contributed by atoms with Gasteiger partial charge in [-0.2, -0.15) is 0 Å². The summed E-state index contributed by atoms with van der Waals surface area (Å²) >= 11 is 0. The zero-order valence-corrected chi connectivity index (χ0v) is 15.7. The molecule has 1 fully saturated rings. The Bertz CT molecular complexity index is 744. The third-order valence-electron chi connectivity index (χ3n) is 4.60. The van der Waals surface area contributed by atoms with E-state index in [0.29, 0.717) is 31.1 Å². The molecule has 0 aromatic carbocycles. The second-order valence-electron chi connectivity index (χ2n) is 6.74. The van der Waals surface area contributed by atoms with Crippen LogP contribution in [-0.4, -0.2) is 48.1 Å². The topological polar surface area (TPSA) is 78.5 Å². The van der Waals surface area contributed by atoms with Crippen molar-refractivity contribution in [3.63, 3.8) is 0 Å². The molecule has 2 aromatic rings. The van der Waals surface area contributed by atoms with Crippen LogP contribution in [0.5, 0.6) is 0 Å². The molecule has 3 rings (SSSR count). The minimum Gasteiger partial charge on any atom is -0.379 e. The number of carbonyl (C=O) groups excluding carboxylic acids is 1. The summed E-state index contributed by atoms with van der Waals surface area (Å²) in [6.45, 7) is 8.40. The van der Waals surface area contributed by atoms with Crippen molar-refractivity contribution in [3.8, 4) is 5.82 Å². The van der Waals surface area contributed by atoms with E-state index < -0.39 is 0 Å². The molecule has 0 radical (unpaired) electrons. The van der Waals surface area contributed by atoms with E-state index in [-0.39, 0.29) is 12.0 Å². The summed E-state index contributed by atoms with van der Waals surface area (Å²) in [6.07, 6.45) is 3.23. The van der Waals surface area contributed by atoms with Gasteiger partial charge in [-0.05, 0) is 46.1 Å². The van der Waals surface area contributed by atoms with Gasteiger partial charge in [0.1, 0.15) is 5.76 Å². The molecule has 1 amide bonds. The lowest BCUT2D eigenvalue weighted by atomic mass is 10.2. The first-order chi connectivity index (χ1) is 12.6. The molecule has 1 atom stereocenters. The monoisotopic (exact) mass is 361 g/mol. The van der Waals surface area contributed by atoms with Gasteiger partial charge in [0.2, 0.25) is 0 Å². The summed E-state index contributed by atoms with van der Waals surface area (Å²) in [5.74, 6) is 1.35. The average molecular weight is 361 g/mol. The minimum absolute atomic E-state index is 0.0799. The van der Waals surface area contributed by atoms with E-state index in [4.69, 9.17) is 14.0 Å². The summed E-state index contributed by atoms with van der Waals surface area (Å²) in [5, 5.41) is 7.00. The maximum Gasteiger partial charge on any atom is 0.253 e. The van der Waals surface area contributed by atoms with Crippen LogP contribution in [0.4, 0.5) is 0 Å². The van der Waals surface area contributed by atoms with Crippen LogP contribution >= 0.6 is 0 Å². The van der Waals surface area contributed by atoms with Crippen molar-refractivity contribution in [2.75, 3.05) is 26.4 Å². The number of amides is 1. The maximum absolute atomic E-state index is 12.5. The maximum atomic E-state index is 12.5. The lowest BCUT2D eigenvalue weighted by molar-refractivity contribution is 0.0166. The van der Waals surface area contributed by atoms with Gasteiger partial charge in [0.15, 0.2) is 5.82 Å². The van der Waals surface area contributed by atoms with E-state index in [0.717, 1.165) is 43.0 Å². The first kappa shape index (κ1) is 18.7. The molecule has 0 aliphatic carbocycles. The molecule has 7 heteroatoms. The molecule has 1 saturated heterocycles. The second-order valence-corrected chi connectivity index (χ2v) is 6.74. The van der Waals surface area contributed by atoms with E-state index >= 15 is 0 Å². The Morgan fingerprint density at radius 2 is 2.23 bits per heavy atom. The van der Waals surface area contributed by atoms with E-state index in [1.807, 2.05) is 37.5 Å². The lowest BCUT2D eigenvalue weighted by Crippen LogP contribution is -2.26. The van der Waals surface area contributed by atoms with Crippen molar-refractivity contribution in [1.29, 1.82) is 0 Å². The van der Waals surface area contributed by atoms with Gasteiger partial charge >= 0.3 is 0 Å². The van der Waals surface area contributed by atoms with Gasteiger partial charge in [-0.1, -0.05) is 5.16 Å². The van der Waals surface area contributed by atoms with Crippen LogP contribution in [0.25, 0.3) is 5.82 Å². The van der Waals surface area contributed by atoms with E-state index in [2.05, 4.69) is 10.5 Å². The van der Waals surface area contributed by atoms with Gasteiger partial charge in [-0.15, -0.1) is 0 Å². The van der Waals surface area contributed by atoms with Gasteiger partial charge in [-0.3, -0.25) is 9.36 Å². The first-order valence-corrected chi connectivity index (χ1v) is 9.16. The zero-order valence-electron chi connectivity index (χ0n) is 15.7. The molecule has 1 N–H and O–H groups in total. The van der Waals surface area contributed by atoms with E-state index in [1.165, 1.54) is 0 Å². The van der Waals surface area contributed by atoms with Gasteiger partial charge in [0, 0.05) is 37.2 Å². The highest BCUT2D eigenvalue weighted by Gasteiger charge is 2.18. The molecule has 0 spiro atoms. The van der Waals surface area contributed by atoms with Crippen molar-refractivity contribution in [3.05, 3.63) is 34.8 Å². The Hall–Kier alpha value is -2.12. The molecule has 26 heavy (non-hydrogen) atoms. The van der Waals surface area contributed by atoms with Crippen molar-refractivity contribution in [2.45, 2.75) is 46.1 Å².